The van der Waals surface area contributed by atoms with E-state index in [0.717, 1.165) is 19.4 Å². The lowest BCUT2D eigenvalue weighted by Crippen LogP contribution is -2.36. The van der Waals surface area contributed by atoms with Crippen molar-refractivity contribution in [1.82, 2.24) is 4.90 Å². The molecule has 15 heavy (non-hydrogen) atoms. The third-order valence-corrected chi connectivity index (χ3v) is 3.08. The molecule has 0 radical (unpaired) electrons. The van der Waals surface area contributed by atoms with E-state index < -0.39 is 5.51 Å². The number of hydrogen-bond donors (Lipinski definition) is 0. The van der Waals surface area contributed by atoms with Crippen LogP contribution >= 0.6 is 11.8 Å². The summed E-state index contributed by atoms with van der Waals surface area (Å²) in [6.45, 7) is 1.86. The lowest BCUT2D eigenvalue weighted by atomic mass is 10.00. The fourth-order valence-electron chi connectivity index (χ4n) is 1.65. The Bertz CT molecular complexity index is 236. The Labute approximate surface area is 91.4 Å². The summed E-state index contributed by atoms with van der Waals surface area (Å²) < 4.78 is 35.5. The third-order valence-electron chi connectivity index (χ3n) is 2.36. The quantitative estimate of drug-likeness (QED) is 0.755. The molecule has 1 aliphatic heterocycles. The zero-order chi connectivity index (χ0) is 11.3. The van der Waals surface area contributed by atoms with Crippen LogP contribution in [0.25, 0.3) is 0 Å². The average Bonchev–Trinajstić information content (AvgIpc) is 2.16. The summed E-state index contributed by atoms with van der Waals surface area (Å²) in [6.07, 6.45) is 1.79. The molecule has 1 fully saturated rings. The van der Waals surface area contributed by atoms with Gasteiger partial charge in [-0.3, -0.25) is 0 Å². The second kappa shape index (κ2) is 5.61. The van der Waals surface area contributed by atoms with E-state index >= 15 is 0 Å². The molecular weight excluding hydrogens is 225 g/mol. The highest BCUT2D eigenvalue weighted by molar-refractivity contribution is 8.00. The minimum Gasteiger partial charge on any atom is -0.301 e. The molecule has 1 unspecified atom stereocenters. The third kappa shape index (κ3) is 5.28. The molecule has 0 aliphatic carbocycles. The van der Waals surface area contributed by atoms with Gasteiger partial charge in [-0.25, -0.2) is 0 Å². The zero-order valence-corrected chi connectivity index (χ0v) is 9.07. The largest absolute Gasteiger partial charge is 0.441 e. The molecule has 1 heterocycles. The molecule has 1 aliphatic rings. The number of piperidine rings is 1. The van der Waals surface area contributed by atoms with E-state index in [1.54, 1.807) is 0 Å². The molecule has 86 valence electrons. The average molecular weight is 238 g/mol. The van der Waals surface area contributed by atoms with Crippen LogP contribution in [-0.4, -0.2) is 35.8 Å². The van der Waals surface area contributed by atoms with Crippen molar-refractivity contribution in [2.45, 2.75) is 18.3 Å². The first-order valence-corrected chi connectivity index (χ1v) is 5.82. The summed E-state index contributed by atoms with van der Waals surface area (Å²) in [7, 11) is 0. The van der Waals surface area contributed by atoms with Gasteiger partial charge in [0.1, 0.15) is 0 Å². The molecule has 0 aromatic rings. The van der Waals surface area contributed by atoms with Crippen molar-refractivity contribution in [3.05, 3.63) is 0 Å². The molecule has 6 heteroatoms. The second-order valence-corrected chi connectivity index (χ2v) is 4.72. The lowest BCUT2D eigenvalue weighted by Gasteiger charge is -2.29. The second-order valence-electron chi connectivity index (χ2n) is 3.56. The Morgan fingerprint density at radius 2 is 2.20 bits per heavy atom. The van der Waals surface area contributed by atoms with E-state index in [1.807, 2.05) is 4.90 Å². The zero-order valence-electron chi connectivity index (χ0n) is 8.26. The number of rotatable bonds is 3. The molecular formula is C9H13F3N2S. The van der Waals surface area contributed by atoms with Crippen molar-refractivity contribution < 1.29 is 13.2 Å². The molecule has 0 bridgehead atoms. The number of nitriles is 1. The Hall–Kier alpha value is -0.410. The van der Waals surface area contributed by atoms with Crippen molar-refractivity contribution in [3.8, 4) is 6.07 Å². The minimum absolute atomic E-state index is 0.00497. The molecule has 0 N–H and O–H groups in total. The molecule has 0 aromatic heterocycles. The van der Waals surface area contributed by atoms with E-state index in [4.69, 9.17) is 5.26 Å². The number of halogens is 3. The van der Waals surface area contributed by atoms with Crippen LogP contribution < -0.4 is 0 Å². The number of thioether (sulfide) groups is 1. The summed E-state index contributed by atoms with van der Waals surface area (Å²) in [6, 6.07) is 2.17. The number of alkyl halides is 3. The molecule has 1 atom stereocenters. The fraction of sp³-hybridized carbons (Fsp3) is 0.889. The number of hydrogen-bond acceptors (Lipinski definition) is 3. The van der Waals surface area contributed by atoms with E-state index in [1.165, 1.54) is 0 Å². The SMILES string of the molecule is N#CC1CCCN(CCSC(F)(F)F)C1. The Morgan fingerprint density at radius 1 is 1.47 bits per heavy atom. The summed E-state index contributed by atoms with van der Waals surface area (Å²) in [5, 5.41) is 8.70. The number of likely N-dealkylation sites (tertiary alicyclic amines) is 1. The molecule has 0 saturated carbocycles. The number of nitrogens with zero attached hydrogens (tertiary/aromatic N) is 2. The van der Waals surface area contributed by atoms with Crippen LogP contribution in [-0.2, 0) is 0 Å². The fourth-order valence-corrected chi connectivity index (χ4v) is 2.24. The maximum atomic E-state index is 11.8. The Balaban J connectivity index is 2.19. The predicted molar refractivity (Wildman–Crippen MR) is 53.3 cm³/mol. The van der Waals surface area contributed by atoms with Gasteiger partial charge in [-0.15, -0.1) is 0 Å². The molecule has 1 rings (SSSR count). The smallest absolute Gasteiger partial charge is 0.301 e. The Kier molecular flexibility index (Phi) is 4.74. The summed E-state index contributed by atoms with van der Waals surface area (Å²) in [4.78, 5) is 1.94. The maximum Gasteiger partial charge on any atom is 0.441 e. The monoisotopic (exact) mass is 238 g/mol. The normalized spacial score (nSPS) is 23.7. The topological polar surface area (TPSA) is 27.0 Å². The van der Waals surface area contributed by atoms with Crippen molar-refractivity contribution in [2.75, 3.05) is 25.4 Å². The van der Waals surface area contributed by atoms with Gasteiger partial charge in [-0.05, 0) is 31.1 Å². The standard InChI is InChI=1S/C9H13F3N2S/c10-9(11,12)15-5-4-14-3-1-2-8(6-13)7-14/h8H,1-5,7H2. The van der Waals surface area contributed by atoms with Crippen LogP contribution in [0.4, 0.5) is 13.2 Å². The highest BCUT2D eigenvalue weighted by Gasteiger charge is 2.28. The van der Waals surface area contributed by atoms with Gasteiger partial charge >= 0.3 is 5.51 Å². The van der Waals surface area contributed by atoms with E-state index in [-0.39, 0.29) is 23.4 Å². The Morgan fingerprint density at radius 3 is 2.80 bits per heavy atom. The van der Waals surface area contributed by atoms with Crippen molar-refractivity contribution in [1.29, 1.82) is 5.26 Å². The van der Waals surface area contributed by atoms with Gasteiger partial charge < -0.3 is 4.90 Å². The molecule has 0 aromatic carbocycles. The van der Waals surface area contributed by atoms with Gasteiger partial charge in [0.05, 0.1) is 12.0 Å². The van der Waals surface area contributed by atoms with Crippen LogP contribution in [0, 0.1) is 17.2 Å². The summed E-state index contributed by atoms with van der Waals surface area (Å²) in [5.74, 6) is 0.0522. The maximum absolute atomic E-state index is 11.8. The molecule has 2 nitrogen and oxygen atoms in total. The van der Waals surface area contributed by atoms with Gasteiger partial charge in [0.25, 0.3) is 0 Å². The van der Waals surface area contributed by atoms with Gasteiger partial charge in [-0.1, -0.05) is 0 Å². The van der Waals surface area contributed by atoms with E-state index in [2.05, 4.69) is 6.07 Å². The van der Waals surface area contributed by atoms with Crippen LogP contribution in [0.3, 0.4) is 0 Å². The first kappa shape index (κ1) is 12.7. The summed E-state index contributed by atoms with van der Waals surface area (Å²) >= 11 is 0.0115. The van der Waals surface area contributed by atoms with Crippen LogP contribution in [0.2, 0.25) is 0 Å². The van der Waals surface area contributed by atoms with Gasteiger partial charge in [-0.2, -0.15) is 18.4 Å². The van der Waals surface area contributed by atoms with E-state index in [9.17, 15) is 13.2 Å². The predicted octanol–water partition coefficient (Wildman–Crippen LogP) is 2.47. The molecule has 1 saturated heterocycles. The molecule has 0 spiro atoms. The van der Waals surface area contributed by atoms with E-state index in [0.29, 0.717) is 13.1 Å². The first-order chi connectivity index (χ1) is 7.01. The van der Waals surface area contributed by atoms with Crippen molar-refractivity contribution >= 4 is 11.8 Å². The van der Waals surface area contributed by atoms with Crippen LogP contribution in [0.5, 0.6) is 0 Å². The highest BCUT2D eigenvalue weighted by atomic mass is 32.2. The highest BCUT2D eigenvalue weighted by Crippen LogP contribution is 2.30. The van der Waals surface area contributed by atoms with Gasteiger partial charge in [0.15, 0.2) is 0 Å². The van der Waals surface area contributed by atoms with Crippen LogP contribution in [0.1, 0.15) is 12.8 Å². The molecule has 0 amide bonds. The summed E-state index contributed by atoms with van der Waals surface area (Å²) in [5.41, 5.74) is -4.13. The van der Waals surface area contributed by atoms with Crippen molar-refractivity contribution in [3.63, 3.8) is 0 Å². The van der Waals surface area contributed by atoms with Crippen molar-refractivity contribution in [2.24, 2.45) is 5.92 Å². The van der Waals surface area contributed by atoms with Crippen LogP contribution in [0.15, 0.2) is 0 Å². The lowest BCUT2D eigenvalue weighted by molar-refractivity contribution is -0.0329. The minimum atomic E-state index is -4.13. The first-order valence-electron chi connectivity index (χ1n) is 4.84. The van der Waals surface area contributed by atoms with Gasteiger partial charge in [0, 0.05) is 18.8 Å². The van der Waals surface area contributed by atoms with Gasteiger partial charge in [0.2, 0.25) is 0 Å².